The first-order valence-electron chi connectivity index (χ1n) is 11.7. The van der Waals surface area contributed by atoms with E-state index in [1.807, 2.05) is 58.0 Å². The van der Waals surface area contributed by atoms with Crippen LogP contribution in [0.4, 0.5) is 4.79 Å². The van der Waals surface area contributed by atoms with Crippen LogP contribution in [0.15, 0.2) is 34.3 Å². The van der Waals surface area contributed by atoms with E-state index < -0.39 is 5.60 Å². The van der Waals surface area contributed by atoms with Crippen molar-refractivity contribution >= 4 is 38.7 Å². The summed E-state index contributed by atoms with van der Waals surface area (Å²) < 4.78 is 12.5. The quantitative estimate of drug-likeness (QED) is 0.288. The molecule has 3 rings (SSSR count). The first kappa shape index (κ1) is 26.8. The van der Waals surface area contributed by atoms with E-state index in [9.17, 15) is 14.9 Å². The van der Waals surface area contributed by atoms with Gasteiger partial charge in [0.15, 0.2) is 0 Å². The zero-order valence-electron chi connectivity index (χ0n) is 21.0. The van der Waals surface area contributed by atoms with Crippen molar-refractivity contribution in [1.29, 1.82) is 5.26 Å². The third kappa shape index (κ3) is 7.33. The minimum absolute atomic E-state index is 0.0349. The molecule has 1 aliphatic rings. The minimum Gasteiger partial charge on any atom is -0.489 e. The molecule has 0 radical (unpaired) electrons. The zero-order chi connectivity index (χ0) is 25.8. The van der Waals surface area contributed by atoms with Crippen LogP contribution in [-0.2, 0) is 4.74 Å². The van der Waals surface area contributed by atoms with Crippen molar-refractivity contribution in [2.45, 2.75) is 51.7 Å². The molecular formula is C26H33BrN4O4. The number of nitriles is 1. The summed E-state index contributed by atoms with van der Waals surface area (Å²) in [5.74, 6) is 0.351. The van der Waals surface area contributed by atoms with E-state index >= 15 is 0 Å². The van der Waals surface area contributed by atoms with Gasteiger partial charge in [-0.15, -0.1) is 0 Å². The van der Waals surface area contributed by atoms with Gasteiger partial charge >= 0.3 is 6.09 Å². The van der Waals surface area contributed by atoms with Gasteiger partial charge in [0, 0.05) is 43.4 Å². The van der Waals surface area contributed by atoms with Crippen molar-refractivity contribution in [3.8, 4) is 11.8 Å². The molecule has 1 aromatic heterocycles. The van der Waals surface area contributed by atoms with Gasteiger partial charge in [0.05, 0.1) is 15.7 Å². The lowest BCUT2D eigenvalue weighted by Gasteiger charge is -2.33. The molecule has 1 saturated heterocycles. The Morgan fingerprint density at radius 3 is 2.54 bits per heavy atom. The van der Waals surface area contributed by atoms with Crippen molar-refractivity contribution in [3.05, 3.63) is 40.0 Å². The molecule has 1 fully saturated rings. The topological polar surface area (TPSA) is 98.7 Å². The number of likely N-dealkylation sites (tertiary alicyclic amines) is 1. The van der Waals surface area contributed by atoms with Crippen molar-refractivity contribution in [1.82, 2.24) is 14.8 Å². The van der Waals surface area contributed by atoms with Crippen molar-refractivity contribution < 1.29 is 19.1 Å². The van der Waals surface area contributed by atoms with Crippen molar-refractivity contribution in [2.24, 2.45) is 0 Å². The average molecular weight is 545 g/mol. The molecule has 1 amide bonds. The van der Waals surface area contributed by atoms with Crippen LogP contribution in [0.1, 0.15) is 50.5 Å². The summed E-state index contributed by atoms with van der Waals surface area (Å²) in [7, 11) is 3.89. The molecule has 0 spiro atoms. The molecule has 1 N–H and O–H groups in total. The van der Waals surface area contributed by atoms with Crippen LogP contribution in [-0.4, -0.2) is 72.1 Å². The minimum atomic E-state index is -0.516. The summed E-state index contributed by atoms with van der Waals surface area (Å²) in [6.07, 6.45) is 3.37. The molecule has 1 aliphatic heterocycles. The number of ketones is 1. The van der Waals surface area contributed by atoms with Gasteiger partial charge in [-0.3, -0.25) is 4.79 Å². The molecule has 1 aromatic carbocycles. The van der Waals surface area contributed by atoms with Crippen LogP contribution >= 0.6 is 15.9 Å². The molecule has 9 heteroatoms. The summed E-state index contributed by atoms with van der Waals surface area (Å²) in [5.41, 5.74) is 0.758. The number of carbonyl (C=O) groups is 2. The predicted molar refractivity (Wildman–Crippen MR) is 139 cm³/mol. The number of rotatable bonds is 7. The SMILES string of the molecule is CN(C)CC/C=C(\C#N)C(=O)c1cc2cc(OC3CCN(C(=O)OC(C)(C)C)CC3)c(Br)cc2[nH]1. The number of Topliss-reactive ketones (excluding diaryl/α,β-unsaturated/α-hetero) is 1. The number of nitrogens with one attached hydrogen (secondary N) is 1. The van der Waals surface area contributed by atoms with E-state index in [0.717, 1.165) is 21.9 Å². The molecule has 2 heterocycles. The van der Waals surface area contributed by atoms with Crippen LogP contribution in [0, 0.1) is 11.3 Å². The number of piperidine rings is 1. The first-order chi connectivity index (χ1) is 16.5. The molecule has 188 valence electrons. The van der Waals surface area contributed by atoms with E-state index in [1.165, 1.54) is 0 Å². The van der Waals surface area contributed by atoms with Crippen LogP contribution in [0.5, 0.6) is 5.75 Å². The molecule has 0 bridgehead atoms. The number of fused-ring (bicyclic) bond motifs is 1. The van der Waals surface area contributed by atoms with E-state index in [0.29, 0.717) is 43.8 Å². The summed E-state index contributed by atoms with van der Waals surface area (Å²) in [6.45, 7) is 7.47. The van der Waals surface area contributed by atoms with Crippen molar-refractivity contribution in [3.63, 3.8) is 0 Å². The number of H-pyrrole nitrogens is 1. The van der Waals surface area contributed by atoms with Gasteiger partial charge in [0.25, 0.3) is 0 Å². The monoisotopic (exact) mass is 544 g/mol. The van der Waals surface area contributed by atoms with E-state index in [4.69, 9.17) is 9.47 Å². The molecule has 2 aromatic rings. The Bertz CT molecular complexity index is 1150. The fourth-order valence-electron chi connectivity index (χ4n) is 3.81. The standard InChI is InChI=1S/C26H33BrN4O4/c1-26(2,3)35-25(33)31-11-8-19(9-12-31)34-23-14-18-13-22(29-21(18)15-20(23)27)24(32)17(16-28)7-6-10-30(4)5/h7,13-15,19,29H,6,8-12H2,1-5H3/b17-7+. The summed E-state index contributed by atoms with van der Waals surface area (Å²) in [4.78, 5) is 32.0. The fourth-order valence-corrected chi connectivity index (χ4v) is 4.25. The summed E-state index contributed by atoms with van der Waals surface area (Å²) in [6, 6.07) is 7.53. The molecule has 0 unspecified atom stereocenters. The summed E-state index contributed by atoms with van der Waals surface area (Å²) >= 11 is 3.57. The number of allylic oxidation sites excluding steroid dienone is 1. The molecule has 8 nitrogen and oxygen atoms in total. The summed E-state index contributed by atoms with van der Waals surface area (Å²) in [5, 5.41) is 10.3. The molecular weight excluding hydrogens is 512 g/mol. The zero-order valence-corrected chi connectivity index (χ0v) is 22.6. The maximum atomic E-state index is 12.9. The van der Waals surface area contributed by atoms with Crippen LogP contribution in [0.25, 0.3) is 10.9 Å². The number of nitrogens with zero attached hydrogens (tertiary/aromatic N) is 3. The Morgan fingerprint density at radius 2 is 1.94 bits per heavy atom. The Balaban J connectivity index is 1.67. The highest BCUT2D eigenvalue weighted by Crippen LogP contribution is 2.33. The number of aromatic nitrogens is 1. The largest absolute Gasteiger partial charge is 0.489 e. The maximum Gasteiger partial charge on any atom is 0.410 e. The molecule has 35 heavy (non-hydrogen) atoms. The van der Waals surface area contributed by atoms with E-state index in [-0.39, 0.29) is 23.6 Å². The highest BCUT2D eigenvalue weighted by Gasteiger charge is 2.28. The third-order valence-electron chi connectivity index (χ3n) is 5.60. The lowest BCUT2D eigenvalue weighted by atomic mass is 10.1. The highest BCUT2D eigenvalue weighted by molar-refractivity contribution is 9.10. The molecule has 0 aliphatic carbocycles. The van der Waals surface area contributed by atoms with Crippen LogP contribution in [0.3, 0.4) is 0 Å². The Kier molecular flexibility index (Phi) is 8.62. The Hall–Kier alpha value is -2.83. The first-order valence-corrected chi connectivity index (χ1v) is 12.5. The maximum absolute atomic E-state index is 12.9. The Labute approximate surface area is 215 Å². The van der Waals surface area contributed by atoms with Gasteiger partial charge in [-0.1, -0.05) is 6.08 Å². The number of amides is 1. The second-order valence-electron chi connectivity index (χ2n) is 9.99. The van der Waals surface area contributed by atoms with Crippen LogP contribution < -0.4 is 4.74 Å². The lowest BCUT2D eigenvalue weighted by Crippen LogP contribution is -2.44. The molecule has 0 saturated carbocycles. The second-order valence-corrected chi connectivity index (χ2v) is 10.8. The number of halogens is 1. The number of benzene rings is 1. The Morgan fingerprint density at radius 1 is 1.26 bits per heavy atom. The molecule has 0 atom stereocenters. The van der Waals surface area contributed by atoms with Crippen molar-refractivity contribution in [2.75, 3.05) is 33.7 Å². The smallest absolute Gasteiger partial charge is 0.410 e. The number of aromatic amines is 1. The van der Waals surface area contributed by atoms with Crippen LogP contribution in [0.2, 0.25) is 0 Å². The van der Waals surface area contributed by atoms with E-state index in [2.05, 4.69) is 20.9 Å². The average Bonchev–Trinajstić information content (AvgIpc) is 3.18. The van der Waals surface area contributed by atoms with E-state index in [1.54, 1.807) is 17.0 Å². The normalized spacial score (nSPS) is 15.4. The second kappa shape index (κ2) is 11.3. The fraction of sp³-hybridized carbons (Fsp3) is 0.500. The van der Waals surface area contributed by atoms with Gasteiger partial charge < -0.3 is 24.3 Å². The number of hydrogen-bond donors (Lipinski definition) is 1. The number of hydrogen-bond acceptors (Lipinski definition) is 6. The predicted octanol–water partition coefficient (Wildman–Crippen LogP) is 5.29. The number of ether oxygens (including phenoxy) is 2. The third-order valence-corrected chi connectivity index (χ3v) is 6.21. The van der Waals surface area contributed by atoms with Gasteiger partial charge in [0.2, 0.25) is 5.78 Å². The van der Waals surface area contributed by atoms with Gasteiger partial charge in [0.1, 0.15) is 23.5 Å². The van der Waals surface area contributed by atoms with Gasteiger partial charge in [-0.25, -0.2) is 4.79 Å². The van der Waals surface area contributed by atoms with Gasteiger partial charge in [-0.2, -0.15) is 5.26 Å². The lowest BCUT2D eigenvalue weighted by molar-refractivity contribution is 0.0126. The van der Waals surface area contributed by atoms with Gasteiger partial charge in [-0.05, 0) is 75.4 Å². The highest BCUT2D eigenvalue weighted by atomic mass is 79.9. The number of carbonyl (C=O) groups excluding carboxylic acids is 2.